The third-order valence-corrected chi connectivity index (χ3v) is 6.15. The molecule has 2 nitrogen and oxygen atoms in total. The number of benzene rings is 2. The van der Waals surface area contributed by atoms with E-state index in [0.29, 0.717) is 0 Å². The zero-order chi connectivity index (χ0) is 13.6. The lowest BCUT2D eigenvalue weighted by molar-refractivity contribution is 0.412. The Balaban J connectivity index is 2.44. The molecular weight excluding hydrogens is 371 g/mol. The monoisotopic (exact) mass is 384 g/mol. The number of rotatable bonds is 2. The van der Waals surface area contributed by atoms with Crippen molar-refractivity contribution in [2.75, 3.05) is 14.2 Å². The molecule has 0 unspecified atom stereocenters. The molecule has 2 aromatic carbocycles. The highest BCUT2D eigenvalue weighted by molar-refractivity contribution is 14.1. The molecule has 98 valence electrons. The Bertz CT molecular complexity index is 712. The number of halogens is 1. The Morgan fingerprint density at radius 1 is 0.895 bits per heavy atom. The van der Waals surface area contributed by atoms with Crippen molar-refractivity contribution in [2.24, 2.45) is 0 Å². The van der Waals surface area contributed by atoms with E-state index in [1.165, 1.54) is 29.3 Å². The molecule has 0 aliphatic carbocycles. The fourth-order valence-electron chi connectivity index (χ4n) is 2.35. The van der Waals surface area contributed by atoms with Gasteiger partial charge in [-0.3, -0.25) is 0 Å². The minimum absolute atomic E-state index is 0.935. The van der Waals surface area contributed by atoms with Crippen molar-refractivity contribution in [3.63, 3.8) is 0 Å². The molecule has 1 heterocycles. The van der Waals surface area contributed by atoms with E-state index in [1.54, 1.807) is 25.6 Å². The van der Waals surface area contributed by atoms with Crippen LogP contribution in [0.15, 0.2) is 24.3 Å². The number of ether oxygens (including phenoxy) is 2. The molecule has 0 aliphatic rings. The molecule has 3 rings (SSSR count). The highest BCUT2D eigenvalue weighted by atomic mass is 127. The summed E-state index contributed by atoms with van der Waals surface area (Å²) in [6.45, 7) is 2.11. The predicted octanol–water partition coefficient (Wildman–Crippen LogP) is 4.98. The van der Waals surface area contributed by atoms with E-state index in [4.69, 9.17) is 9.47 Å². The molecule has 0 saturated heterocycles. The van der Waals surface area contributed by atoms with Gasteiger partial charge in [-0.1, -0.05) is 0 Å². The van der Waals surface area contributed by atoms with E-state index >= 15 is 0 Å². The van der Waals surface area contributed by atoms with Gasteiger partial charge in [0.1, 0.15) is 11.5 Å². The summed E-state index contributed by atoms with van der Waals surface area (Å²) in [7, 11) is 3.43. The molecule has 0 amide bonds. The summed E-state index contributed by atoms with van der Waals surface area (Å²) in [5, 5.41) is 2.58. The van der Waals surface area contributed by atoms with Gasteiger partial charge < -0.3 is 9.47 Å². The Morgan fingerprint density at radius 2 is 1.47 bits per heavy atom. The molecule has 0 saturated carbocycles. The number of thiophene rings is 1. The van der Waals surface area contributed by atoms with Crippen LogP contribution in [-0.4, -0.2) is 14.2 Å². The second kappa shape index (κ2) is 4.83. The van der Waals surface area contributed by atoms with E-state index in [-0.39, 0.29) is 0 Å². The summed E-state index contributed by atoms with van der Waals surface area (Å²) in [4.78, 5) is 0. The summed E-state index contributed by atoms with van der Waals surface area (Å²) < 4.78 is 14.6. The number of methoxy groups -OCH3 is 2. The highest BCUT2D eigenvalue weighted by Gasteiger charge is 2.14. The zero-order valence-corrected chi connectivity index (χ0v) is 13.9. The first-order chi connectivity index (χ1) is 9.17. The predicted molar refractivity (Wildman–Crippen MR) is 89.9 cm³/mol. The van der Waals surface area contributed by atoms with Crippen LogP contribution in [0.25, 0.3) is 20.2 Å². The first-order valence-electron chi connectivity index (χ1n) is 5.89. The second-order valence-electron chi connectivity index (χ2n) is 4.33. The molecule has 0 bridgehead atoms. The fourth-order valence-corrected chi connectivity index (χ4v) is 4.59. The Labute approximate surface area is 129 Å². The molecular formula is C15H13IO2S. The van der Waals surface area contributed by atoms with Crippen molar-refractivity contribution in [1.82, 2.24) is 0 Å². The first-order valence-corrected chi connectivity index (χ1v) is 7.79. The maximum atomic E-state index is 5.40. The van der Waals surface area contributed by atoms with Crippen LogP contribution in [-0.2, 0) is 0 Å². The normalized spacial score (nSPS) is 11.2. The lowest BCUT2D eigenvalue weighted by atomic mass is 10.1. The van der Waals surface area contributed by atoms with Crippen molar-refractivity contribution >= 4 is 54.1 Å². The Morgan fingerprint density at radius 3 is 2.11 bits per heavy atom. The van der Waals surface area contributed by atoms with Crippen molar-refractivity contribution < 1.29 is 9.47 Å². The Hall–Kier alpha value is -1.01. The molecule has 0 radical (unpaired) electrons. The molecule has 0 N–H and O–H groups in total. The second-order valence-corrected chi connectivity index (χ2v) is 6.43. The smallest absolute Gasteiger partial charge is 0.133 e. The van der Waals surface area contributed by atoms with Crippen LogP contribution < -0.4 is 9.47 Å². The van der Waals surface area contributed by atoms with E-state index in [1.807, 2.05) is 12.1 Å². The number of hydrogen-bond acceptors (Lipinski definition) is 3. The average molecular weight is 384 g/mol. The standard InChI is InChI=1S/C15H13IO2S/c1-8-11(17-2)6-4-9-10-5-7-12(18-3)13(16)15(10)19-14(8)9/h4-7H,1-3H3. The van der Waals surface area contributed by atoms with E-state index < -0.39 is 0 Å². The summed E-state index contributed by atoms with van der Waals surface area (Å²) in [6, 6.07) is 8.36. The van der Waals surface area contributed by atoms with E-state index in [9.17, 15) is 0 Å². The largest absolute Gasteiger partial charge is 0.496 e. The third-order valence-electron chi connectivity index (χ3n) is 3.35. The summed E-state index contributed by atoms with van der Waals surface area (Å²) >= 11 is 4.16. The van der Waals surface area contributed by atoms with Crippen molar-refractivity contribution in [3.8, 4) is 11.5 Å². The molecule has 0 aliphatic heterocycles. The number of fused-ring (bicyclic) bond motifs is 3. The van der Waals surface area contributed by atoms with Gasteiger partial charge in [-0.25, -0.2) is 0 Å². The molecule has 4 heteroatoms. The van der Waals surface area contributed by atoms with Gasteiger partial charge in [-0.2, -0.15) is 0 Å². The topological polar surface area (TPSA) is 18.5 Å². The van der Waals surface area contributed by atoms with Gasteiger partial charge in [0.05, 0.1) is 22.5 Å². The van der Waals surface area contributed by atoms with Crippen molar-refractivity contribution in [3.05, 3.63) is 33.4 Å². The quantitative estimate of drug-likeness (QED) is 0.580. The van der Waals surface area contributed by atoms with Crippen molar-refractivity contribution in [1.29, 1.82) is 0 Å². The fraction of sp³-hybridized carbons (Fsp3) is 0.200. The van der Waals surface area contributed by atoms with Gasteiger partial charge in [0.2, 0.25) is 0 Å². The van der Waals surface area contributed by atoms with Gasteiger partial charge in [0.25, 0.3) is 0 Å². The van der Waals surface area contributed by atoms with Gasteiger partial charge >= 0.3 is 0 Å². The summed E-state index contributed by atoms with van der Waals surface area (Å²) in [6.07, 6.45) is 0. The Kier molecular flexibility index (Phi) is 3.30. The van der Waals surface area contributed by atoms with Crippen LogP contribution in [0.1, 0.15) is 5.56 Å². The summed E-state index contributed by atoms with van der Waals surface area (Å²) in [5.41, 5.74) is 1.20. The van der Waals surface area contributed by atoms with Gasteiger partial charge in [0, 0.05) is 21.0 Å². The third kappa shape index (κ3) is 1.89. The molecule has 0 spiro atoms. The van der Waals surface area contributed by atoms with Crippen molar-refractivity contribution in [2.45, 2.75) is 6.92 Å². The van der Waals surface area contributed by atoms with Crippen LogP contribution in [0.3, 0.4) is 0 Å². The molecule has 19 heavy (non-hydrogen) atoms. The summed E-state index contributed by atoms with van der Waals surface area (Å²) in [5.74, 6) is 1.88. The number of hydrogen-bond donors (Lipinski definition) is 0. The van der Waals surface area contributed by atoms with Gasteiger partial charge in [-0.05, 0) is 53.8 Å². The van der Waals surface area contributed by atoms with Crippen LogP contribution in [0.4, 0.5) is 0 Å². The maximum Gasteiger partial charge on any atom is 0.133 e. The van der Waals surface area contributed by atoms with Gasteiger partial charge in [-0.15, -0.1) is 11.3 Å². The maximum absolute atomic E-state index is 5.40. The van der Waals surface area contributed by atoms with Crippen LogP contribution in [0.5, 0.6) is 11.5 Å². The lowest BCUT2D eigenvalue weighted by Gasteiger charge is -2.04. The van der Waals surface area contributed by atoms with Crippen LogP contribution in [0.2, 0.25) is 0 Å². The molecule has 3 aromatic rings. The molecule has 0 atom stereocenters. The first kappa shape index (κ1) is 13.0. The zero-order valence-electron chi connectivity index (χ0n) is 10.9. The van der Waals surface area contributed by atoms with E-state index in [2.05, 4.69) is 41.6 Å². The average Bonchev–Trinajstić information content (AvgIpc) is 2.80. The van der Waals surface area contributed by atoms with Crippen LogP contribution in [0, 0.1) is 10.5 Å². The van der Waals surface area contributed by atoms with Gasteiger partial charge in [0.15, 0.2) is 0 Å². The SMILES string of the molecule is COc1ccc2c(sc3c(I)c(OC)ccc32)c1C. The molecule has 0 fully saturated rings. The minimum atomic E-state index is 0.935. The highest BCUT2D eigenvalue weighted by Crippen LogP contribution is 2.42. The van der Waals surface area contributed by atoms with Crippen LogP contribution >= 0.6 is 33.9 Å². The number of aryl methyl sites for hydroxylation is 1. The van der Waals surface area contributed by atoms with E-state index in [0.717, 1.165) is 11.5 Å². The lowest BCUT2D eigenvalue weighted by Crippen LogP contribution is -1.86. The minimum Gasteiger partial charge on any atom is -0.496 e. The molecule has 1 aromatic heterocycles.